The van der Waals surface area contributed by atoms with Crippen LogP contribution in [0.25, 0.3) is 11.0 Å². The van der Waals surface area contributed by atoms with Gasteiger partial charge in [-0.2, -0.15) is 0 Å². The Kier molecular flexibility index (Phi) is 5.34. The largest absolute Gasteiger partial charge is 0.376 e. The van der Waals surface area contributed by atoms with Crippen LogP contribution < -0.4 is 10.6 Å². The van der Waals surface area contributed by atoms with E-state index < -0.39 is 0 Å². The maximum Gasteiger partial charge on any atom is 0.253 e. The fourth-order valence-electron chi connectivity index (χ4n) is 3.31. The van der Waals surface area contributed by atoms with E-state index >= 15 is 0 Å². The lowest BCUT2D eigenvalue weighted by atomic mass is 10.1. The van der Waals surface area contributed by atoms with Crippen molar-refractivity contribution in [2.45, 2.75) is 25.4 Å². The van der Waals surface area contributed by atoms with Gasteiger partial charge in [0.05, 0.1) is 23.8 Å². The second kappa shape index (κ2) is 8.22. The van der Waals surface area contributed by atoms with Gasteiger partial charge in [0, 0.05) is 18.5 Å². The molecule has 7 nitrogen and oxygen atoms in total. The molecule has 0 aliphatic carbocycles. The minimum absolute atomic E-state index is 0.0584. The SMILES string of the molecule is O=C(Cc1noc2ccccc12)Nc1ccccc1C(=O)NC[C@H]1CCCO1. The van der Waals surface area contributed by atoms with Gasteiger partial charge in [-0.25, -0.2) is 0 Å². The lowest BCUT2D eigenvalue weighted by molar-refractivity contribution is -0.115. The van der Waals surface area contributed by atoms with Crippen LogP contribution >= 0.6 is 0 Å². The van der Waals surface area contributed by atoms with Crippen LogP contribution in [0.4, 0.5) is 5.69 Å². The Morgan fingerprint density at radius 1 is 1.11 bits per heavy atom. The summed E-state index contributed by atoms with van der Waals surface area (Å²) < 4.78 is 10.8. The molecular weight excluding hydrogens is 358 g/mol. The summed E-state index contributed by atoms with van der Waals surface area (Å²) in [6, 6.07) is 14.3. The first-order valence-corrected chi connectivity index (χ1v) is 9.32. The predicted octanol–water partition coefficient (Wildman–Crippen LogP) is 2.92. The molecule has 2 heterocycles. The maximum absolute atomic E-state index is 12.6. The quantitative estimate of drug-likeness (QED) is 0.687. The molecular formula is C21H21N3O4. The highest BCUT2D eigenvalue weighted by Crippen LogP contribution is 2.20. The summed E-state index contributed by atoms with van der Waals surface area (Å²) in [5.74, 6) is -0.503. The van der Waals surface area contributed by atoms with Gasteiger partial charge >= 0.3 is 0 Å². The zero-order chi connectivity index (χ0) is 19.3. The molecule has 0 unspecified atom stereocenters. The number of rotatable bonds is 6. The topological polar surface area (TPSA) is 93.5 Å². The van der Waals surface area contributed by atoms with Crippen LogP contribution in [0.2, 0.25) is 0 Å². The number of hydrogen-bond acceptors (Lipinski definition) is 5. The summed E-state index contributed by atoms with van der Waals surface area (Å²) in [5.41, 5.74) is 2.08. The molecule has 1 saturated heterocycles. The number of anilines is 1. The predicted molar refractivity (Wildman–Crippen MR) is 104 cm³/mol. The molecule has 1 fully saturated rings. The first kappa shape index (κ1) is 18.2. The number of hydrogen-bond donors (Lipinski definition) is 2. The number of amides is 2. The highest BCUT2D eigenvalue weighted by atomic mass is 16.5. The summed E-state index contributed by atoms with van der Waals surface area (Å²) in [6.45, 7) is 1.20. The number of nitrogens with zero attached hydrogens (tertiary/aromatic N) is 1. The lowest BCUT2D eigenvalue weighted by Crippen LogP contribution is -2.32. The van der Waals surface area contributed by atoms with Crippen molar-refractivity contribution in [2.75, 3.05) is 18.5 Å². The Bertz CT molecular complexity index is 992. The number of aromatic nitrogens is 1. The molecule has 2 aromatic carbocycles. The van der Waals surface area contributed by atoms with Gasteiger partial charge in [0.25, 0.3) is 5.91 Å². The van der Waals surface area contributed by atoms with Crippen LogP contribution in [0, 0.1) is 0 Å². The molecule has 0 bridgehead atoms. The highest BCUT2D eigenvalue weighted by Gasteiger charge is 2.19. The van der Waals surface area contributed by atoms with Gasteiger partial charge in [0.2, 0.25) is 5.91 Å². The molecule has 3 aromatic rings. The first-order valence-electron chi connectivity index (χ1n) is 9.32. The summed E-state index contributed by atoms with van der Waals surface area (Å²) in [6.07, 6.45) is 2.09. The number of fused-ring (bicyclic) bond motifs is 1. The van der Waals surface area contributed by atoms with Crippen LogP contribution in [-0.2, 0) is 16.0 Å². The smallest absolute Gasteiger partial charge is 0.253 e. The van der Waals surface area contributed by atoms with E-state index in [1.807, 2.05) is 18.2 Å². The number of ether oxygens (including phenoxy) is 1. The molecule has 4 rings (SSSR count). The van der Waals surface area contributed by atoms with Crippen LogP contribution in [0.1, 0.15) is 28.9 Å². The Labute approximate surface area is 162 Å². The molecule has 2 amide bonds. The summed E-state index contributed by atoms with van der Waals surface area (Å²) >= 11 is 0. The zero-order valence-electron chi connectivity index (χ0n) is 15.3. The third-order valence-corrected chi connectivity index (χ3v) is 4.74. The summed E-state index contributed by atoms with van der Waals surface area (Å²) in [5, 5.41) is 10.5. The standard InChI is InChI=1S/C21H21N3O4/c25-20(12-18-15-7-2-4-10-19(15)28-24-18)23-17-9-3-1-8-16(17)21(26)22-13-14-6-5-11-27-14/h1-4,7-10,14H,5-6,11-13H2,(H,22,26)(H,23,25)/t14-/m1/s1. The molecule has 0 radical (unpaired) electrons. The lowest BCUT2D eigenvalue weighted by Gasteiger charge is -2.13. The molecule has 1 atom stereocenters. The molecule has 2 N–H and O–H groups in total. The fraction of sp³-hybridized carbons (Fsp3) is 0.286. The molecule has 1 aliphatic rings. The molecule has 144 valence electrons. The van der Waals surface area contributed by atoms with Crippen molar-refractivity contribution in [3.63, 3.8) is 0 Å². The van der Waals surface area contributed by atoms with E-state index in [9.17, 15) is 9.59 Å². The second-order valence-corrected chi connectivity index (χ2v) is 6.74. The van der Waals surface area contributed by atoms with Crippen molar-refractivity contribution in [1.82, 2.24) is 10.5 Å². The molecule has 28 heavy (non-hydrogen) atoms. The average Bonchev–Trinajstić information content (AvgIpc) is 3.37. The number of nitrogens with one attached hydrogen (secondary N) is 2. The van der Waals surface area contributed by atoms with Gasteiger partial charge in [-0.15, -0.1) is 0 Å². The maximum atomic E-state index is 12.6. The average molecular weight is 379 g/mol. The summed E-state index contributed by atoms with van der Waals surface area (Å²) in [7, 11) is 0. The highest BCUT2D eigenvalue weighted by molar-refractivity contribution is 6.04. The normalized spacial score (nSPS) is 16.2. The van der Waals surface area contributed by atoms with Crippen LogP contribution in [-0.4, -0.2) is 36.2 Å². The van der Waals surface area contributed by atoms with Gasteiger partial charge in [0.15, 0.2) is 5.58 Å². The minimum Gasteiger partial charge on any atom is -0.376 e. The second-order valence-electron chi connectivity index (χ2n) is 6.74. The van der Waals surface area contributed by atoms with Crippen molar-refractivity contribution in [2.24, 2.45) is 0 Å². The molecule has 0 spiro atoms. The van der Waals surface area contributed by atoms with Crippen molar-refractivity contribution >= 4 is 28.5 Å². The molecule has 7 heteroatoms. The van der Waals surface area contributed by atoms with E-state index in [-0.39, 0.29) is 24.3 Å². The Morgan fingerprint density at radius 2 is 1.93 bits per heavy atom. The Balaban J connectivity index is 1.42. The van der Waals surface area contributed by atoms with Crippen LogP contribution in [0.15, 0.2) is 53.1 Å². The van der Waals surface area contributed by atoms with Crippen molar-refractivity contribution in [3.05, 3.63) is 59.8 Å². The molecule has 1 aromatic heterocycles. The van der Waals surface area contributed by atoms with E-state index in [1.54, 1.807) is 30.3 Å². The number of para-hydroxylation sites is 2. The molecule has 0 saturated carbocycles. The van der Waals surface area contributed by atoms with Crippen molar-refractivity contribution < 1.29 is 18.8 Å². The van der Waals surface area contributed by atoms with E-state index in [2.05, 4.69) is 15.8 Å². The van der Waals surface area contributed by atoms with Gasteiger partial charge in [-0.3, -0.25) is 9.59 Å². The Hall–Kier alpha value is -3.19. The van der Waals surface area contributed by atoms with Crippen LogP contribution in [0.3, 0.4) is 0 Å². The zero-order valence-corrected chi connectivity index (χ0v) is 15.3. The van der Waals surface area contributed by atoms with E-state index in [1.165, 1.54) is 0 Å². The van der Waals surface area contributed by atoms with E-state index in [4.69, 9.17) is 9.26 Å². The van der Waals surface area contributed by atoms with Gasteiger partial charge in [-0.1, -0.05) is 29.4 Å². The third kappa shape index (κ3) is 4.04. The van der Waals surface area contributed by atoms with E-state index in [0.717, 1.165) is 24.8 Å². The van der Waals surface area contributed by atoms with Gasteiger partial charge in [-0.05, 0) is 37.1 Å². The summed E-state index contributed by atoms with van der Waals surface area (Å²) in [4.78, 5) is 25.1. The first-order chi connectivity index (χ1) is 13.7. The van der Waals surface area contributed by atoms with Crippen molar-refractivity contribution in [3.8, 4) is 0 Å². The minimum atomic E-state index is -0.265. The van der Waals surface area contributed by atoms with Crippen molar-refractivity contribution in [1.29, 1.82) is 0 Å². The van der Waals surface area contributed by atoms with Crippen LogP contribution in [0.5, 0.6) is 0 Å². The third-order valence-electron chi connectivity index (χ3n) is 4.74. The number of carbonyl (C=O) groups excluding carboxylic acids is 2. The molecule has 1 aliphatic heterocycles. The van der Waals surface area contributed by atoms with Gasteiger partial charge < -0.3 is 19.9 Å². The Morgan fingerprint density at radius 3 is 2.79 bits per heavy atom. The monoisotopic (exact) mass is 379 g/mol. The van der Waals surface area contributed by atoms with E-state index in [0.29, 0.717) is 29.1 Å². The fourth-order valence-corrected chi connectivity index (χ4v) is 3.31. The van der Waals surface area contributed by atoms with Gasteiger partial charge in [0.1, 0.15) is 5.69 Å². The number of benzene rings is 2. The number of carbonyl (C=O) groups is 2.